The molecule has 122 valence electrons. The van der Waals surface area contributed by atoms with E-state index < -0.39 is 0 Å². The summed E-state index contributed by atoms with van der Waals surface area (Å²) in [4.78, 5) is 18.3. The molecule has 2 atom stereocenters. The highest BCUT2D eigenvalue weighted by atomic mass is 16.4. The summed E-state index contributed by atoms with van der Waals surface area (Å²) in [6.45, 7) is 12.2. The molecule has 2 fully saturated rings. The summed E-state index contributed by atoms with van der Waals surface area (Å²) < 4.78 is 5.48. The first-order chi connectivity index (χ1) is 10.5. The summed E-state index contributed by atoms with van der Waals surface area (Å²) in [7, 11) is 0. The largest absolute Gasteiger partial charge is 0.424 e. The van der Waals surface area contributed by atoms with Crippen LogP contribution in [0.25, 0.3) is 0 Å². The quantitative estimate of drug-likeness (QED) is 0.803. The van der Waals surface area contributed by atoms with Crippen molar-refractivity contribution in [3.05, 3.63) is 11.8 Å². The van der Waals surface area contributed by atoms with Gasteiger partial charge in [-0.2, -0.15) is 0 Å². The van der Waals surface area contributed by atoms with Gasteiger partial charge in [-0.25, -0.2) is 0 Å². The molecule has 1 aromatic rings. The number of aryl methyl sites for hydroxylation is 1. The average molecular weight is 307 g/mol. The molecule has 0 unspecified atom stereocenters. The Kier molecular flexibility index (Phi) is 4.44. The van der Waals surface area contributed by atoms with E-state index in [0.29, 0.717) is 23.7 Å². The molecule has 0 radical (unpaired) electrons. The van der Waals surface area contributed by atoms with Crippen molar-refractivity contribution in [2.75, 3.05) is 39.3 Å². The number of hydrogen-bond donors (Lipinski definition) is 0. The number of aromatic nitrogens is 2. The Morgan fingerprint density at radius 2 is 1.95 bits per heavy atom. The Hall–Kier alpha value is -1.47. The Labute approximate surface area is 131 Å². The highest BCUT2D eigenvalue weighted by molar-refractivity contribution is 5.73. The molecule has 7 heteroatoms. The van der Waals surface area contributed by atoms with E-state index in [-0.39, 0.29) is 5.91 Å². The fourth-order valence-corrected chi connectivity index (χ4v) is 3.61. The molecule has 1 amide bonds. The number of nitrogens with zero attached hydrogens (tertiary/aromatic N) is 5. The first-order valence-electron chi connectivity index (χ1n) is 8.04. The van der Waals surface area contributed by atoms with Crippen LogP contribution in [0.1, 0.15) is 25.6 Å². The van der Waals surface area contributed by atoms with Gasteiger partial charge < -0.3 is 9.32 Å². The molecule has 0 bridgehead atoms. The molecule has 1 aromatic heterocycles. The van der Waals surface area contributed by atoms with Crippen LogP contribution >= 0.6 is 0 Å². The van der Waals surface area contributed by atoms with Crippen LogP contribution in [-0.2, 0) is 11.3 Å². The van der Waals surface area contributed by atoms with Crippen molar-refractivity contribution in [1.29, 1.82) is 0 Å². The zero-order valence-corrected chi connectivity index (χ0v) is 13.7. The van der Waals surface area contributed by atoms with Crippen LogP contribution in [0.2, 0.25) is 0 Å². The summed E-state index contributed by atoms with van der Waals surface area (Å²) >= 11 is 0. The van der Waals surface area contributed by atoms with Crippen LogP contribution < -0.4 is 0 Å². The molecule has 22 heavy (non-hydrogen) atoms. The van der Waals surface area contributed by atoms with Crippen molar-refractivity contribution >= 4 is 5.91 Å². The molecule has 2 saturated heterocycles. The second-order valence-electron chi connectivity index (χ2n) is 6.50. The number of amides is 1. The molecule has 2 aliphatic heterocycles. The first-order valence-corrected chi connectivity index (χ1v) is 8.04. The number of carbonyl (C=O) groups is 1. The van der Waals surface area contributed by atoms with Crippen molar-refractivity contribution < 1.29 is 9.21 Å². The minimum atomic E-state index is 0.188. The smallest absolute Gasteiger partial charge is 0.230 e. The third kappa shape index (κ3) is 3.30. The number of likely N-dealkylation sites (tertiary alicyclic amines) is 1. The summed E-state index contributed by atoms with van der Waals surface area (Å²) in [5.41, 5.74) is 0. The molecule has 0 aliphatic carbocycles. The van der Waals surface area contributed by atoms with Gasteiger partial charge in [-0.1, -0.05) is 6.92 Å². The van der Waals surface area contributed by atoms with Gasteiger partial charge in [0.1, 0.15) is 0 Å². The topological polar surface area (TPSA) is 65.7 Å². The van der Waals surface area contributed by atoms with Gasteiger partial charge in [0.25, 0.3) is 0 Å². The maximum Gasteiger partial charge on any atom is 0.230 e. The predicted octanol–water partition coefficient (Wildman–Crippen LogP) is 0.362. The molecule has 0 spiro atoms. The van der Waals surface area contributed by atoms with Gasteiger partial charge in [0, 0.05) is 59.2 Å². The van der Waals surface area contributed by atoms with E-state index in [4.69, 9.17) is 4.42 Å². The molecular weight excluding hydrogens is 282 g/mol. The number of hydrogen-bond acceptors (Lipinski definition) is 6. The normalized spacial score (nSPS) is 27.5. The van der Waals surface area contributed by atoms with Crippen LogP contribution in [0.3, 0.4) is 0 Å². The van der Waals surface area contributed by atoms with Crippen LogP contribution in [0.15, 0.2) is 4.42 Å². The van der Waals surface area contributed by atoms with Crippen LogP contribution in [0.4, 0.5) is 0 Å². The molecule has 3 heterocycles. The van der Waals surface area contributed by atoms with Crippen LogP contribution in [0.5, 0.6) is 0 Å². The maximum atomic E-state index is 11.4. The van der Waals surface area contributed by atoms with Gasteiger partial charge in [-0.15, -0.1) is 10.2 Å². The second kappa shape index (κ2) is 6.34. The lowest BCUT2D eigenvalue weighted by atomic mass is 10.0. The van der Waals surface area contributed by atoms with E-state index in [1.807, 2.05) is 11.8 Å². The van der Waals surface area contributed by atoms with Gasteiger partial charge in [0.2, 0.25) is 17.7 Å². The lowest BCUT2D eigenvalue weighted by molar-refractivity contribution is -0.130. The van der Waals surface area contributed by atoms with Gasteiger partial charge in [-0.05, 0) is 5.92 Å². The van der Waals surface area contributed by atoms with Crippen molar-refractivity contribution in [2.24, 2.45) is 5.92 Å². The average Bonchev–Trinajstić information content (AvgIpc) is 3.05. The molecular formula is C15H25N5O2. The fourth-order valence-electron chi connectivity index (χ4n) is 3.61. The highest BCUT2D eigenvalue weighted by Crippen LogP contribution is 2.24. The third-order valence-corrected chi connectivity index (χ3v) is 4.80. The number of piperazine rings is 1. The summed E-state index contributed by atoms with van der Waals surface area (Å²) in [6.07, 6.45) is 0. The molecule has 7 nitrogen and oxygen atoms in total. The van der Waals surface area contributed by atoms with Gasteiger partial charge in [0.05, 0.1) is 6.54 Å². The Bertz CT molecular complexity index is 524. The second-order valence-corrected chi connectivity index (χ2v) is 6.50. The maximum absolute atomic E-state index is 11.4. The fraction of sp³-hybridized carbons (Fsp3) is 0.800. The van der Waals surface area contributed by atoms with Crippen molar-refractivity contribution in [2.45, 2.75) is 33.4 Å². The van der Waals surface area contributed by atoms with Crippen molar-refractivity contribution in [1.82, 2.24) is 24.9 Å². The molecule has 0 aromatic carbocycles. The van der Waals surface area contributed by atoms with E-state index in [1.165, 1.54) is 0 Å². The highest BCUT2D eigenvalue weighted by Gasteiger charge is 2.35. The molecule has 0 N–H and O–H groups in total. The van der Waals surface area contributed by atoms with E-state index in [9.17, 15) is 4.79 Å². The van der Waals surface area contributed by atoms with E-state index in [2.05, 4.69) is 26.9 Å². The Morgan fingerprint density at radius 3 is 2.55 bits per heavy atom. The standard InChI is InChI=1S/C15H25N5O2/c1-11-8-18(10-15-17-16-12(2)22-15)9-14(11)20-6-4-19(5-7-20)13(3)21/h11,14H,4-10H2,1-3H3/t11-,14+/m1/s1. The van der Waals surface area contributed by atoms with Gasteiger partial charge >= 0.3 is 0 Å². The molecule has 0 saturated carbocycles. The van der Waals surface area contributed by atoms with E-state index in [1.54, 1.807) is 6.92 Å². The molecule has 2 aliphatic rings. The molecule has 3 rings (SSSR count). The predicted molar refractivity (Wildman–Crippen MR) is 81.1 cm³/mol. The lowest BCUT2D eigenvalue weighted by Gasteiger charge is -2.39. The monoisotopic (exact) mass is 307 g/mol. The van der Waals surface area contributed by atoms with Gasteiger partial charge in [-0.3, -0.25) is 14.6 Å². The lowest BCUT2D eigenvalue weighted by Crippen LogP contribution is -2.53. The van der Waals surface area contributed by atoms with Gasteiger partial charge in [0.15, 0.2) is 0 Å². The van der Waals surface area contributed by atoms with E-state index >= 15 is 0 Å². The Morgan fingerprint density at radius 1 is 1.23 bits per heavy atom. The first kappa shape index (κ1) is 15.4. The SMILES string of the molecule is CC(=O)N1CCN([C@H]2CN(Cc3nnc(C)o3)C[C@H]2C)CC1. The summed E-state index contributed by atoms with van der Waals surface area (Å²) in [6, 6.07) is 0.554. The Balaban J connectivity index is 1.54. The van der Waals surface area contributed by atoms with Crippen molar-refractivity contribution in [3.63, 3.8) is 0 Å². The van der Waals surface area contributed by atoms with E-state index in [0.717, 1.165) is 45.8 Å². The minimum absolute atomic E-state index is 0.188. The third-order valence-electron chi connectivity index (χ3n) is 4.80. The van der Waals surface area contributed by atoms with Crippen LogP contribution in [-0.4, -0.2) is 76.1 Å². The zero-order valence-electron chi connectivity index (χ0n) is 13.7. The summed E-state index contributed by atoms with van der Waals surface area (Å²) in [5.74, 6) is 2.13. The minimum Gasteiger partial charge on any atom is -0.424 e. The van der Waals surface area contributed by atoms with Crippen LogP contribution in [0, 0.1) is 12.8 Å². The zero-order chi connectivity index (χ0) is 15.7. The van der Waals surface area contributed by atoms with Crippen molar-refractivity contribution in [3.8, 4) is 0 Å². The summed E-state index contributed by atoms with van der Waals surface area (Å²) in [5, 5.41) is 7.98. The number of carbonyl (C=O) groups excluding carboxylic acids is 1. The number of rotatable bonds is 3.